The van der Waals surface area contributed by atoms with Gasteiger partial charge in [-0.25, -0.2) is 9.97 Å². The summed E-state index contributed by atoms with van der Waals surface area (Å²) in [5.41, 5.74) is 4.26. The van der Waals surface area contributed by atoms with Crippen LogP contribution in [0.4, 0.5) is 0 Å². The average Bonchev–Trinajstić information content (AvgIpc) is 3.11. The predicted molar refractivity (Wildman–Crippen MR) is 110 cm³/mol. The van der Waals surface area contributed by atoms with Gasteiger partial charge < -0.3 is 14.0 Å². The van der Waals surface area contributed by atoms with Crippen molar-refractivity contribution in [3.05, 3.63) is 41.1 Å². The molecule has 0 radical (unpaired) electrons. The molecule has 2 aliphatic rings. The molecule has 0 atom stereocenters. The number of aromatic nitrogens is 3. The molecule has 0 saturated heterocycles. The van der Waals surface area contributed by atoms with Crippen LogP contribution in [0.25, 0.3) is 0 Å². The first-order chi connectivity index (χ1) is 13.3. The molecule has 2 aromatic rings. The van der Waals surface area contributed by atoms with E-state index in [1.165, 1.54) is 16.8 Å². The zero-order chi connectivity index (χ0) is 19.8. The maximum absolute atomic E-state index is 5.66. The molecule has 0 bridgehead atoms. The third-order valence-electron chi connectivity index (χ3n) is 6.24. The Hall–Kier alpha value is -1.88. The smallest absolute Gasteiger partial charge is 0.216 e. The molecule has 0 unspecified atom stereocenters. The van der Waals surface area contributed by atoms with Crippen molar-refractivity contribution >= 4 is 0 Å². The lowest BCUT2D eigenvalue weighted by molar-refractivity contribution is 0.0792. The molecule has 2 aliphatic heterocycles. The van der Waals surface area contributed by atoms with E-state index in [1.54, 1.807) is 0 Å². The van der Waals surface area contributed by atoms with E-state index in [0.29, 0.717) is 6.61 Å². The summed E-state index contributed by atoms with van der Waals surface area (Å²) in [5, 5.41) is 0. The van der Waals surface area contributed by atoms with Crippen LogP contribution in [0.3, 0.4) is 0 Å². The van der Waals surface area contributed by atoms with Crippen molar-refractivity contribution < 1.29 is 9.47 Å². The van der Waals surface area contributed by atoms with Crippen molar-refractivity contribution in [3.8, 4) is 5.88 Å². The van der Waals surface area contributed by atoms with E-state index < -0.39 is 0 Å². The molecular formula is C23H33N3O2. The summed E-state index contributed by atoms with van der Waals surface area (Å²) in [7, 11) is 0. The number of pyridine rings is 1. The Kier molecular flexibility index (Phi) is 5.21. The lowest BCUT2D eigenvalue weighted by Crippen LogP contribution is -2.28. The van der Waals surface area contributed by atoms with Crippen LogP contribution < -0.4 is 4.74 Å². The molecule has 5 nitrogen and oxygen atoms in total. The van der Waals surface area contributed by atoms with E-state index in [0.717, 1.165) is 63.6 Å². The molecule has 0 N–H and O–H groups in total. The van der Waals surface area contributed by atoms with Gasteiger partial charge >= 0.3 is 0 Å². The highest BCUT2D eigenvalue weighted by atomic mass is 16.5. The van der Waals surface area contributed by atoms with Crippen molar-refractivity contribution in [2.24, 2.45) is 5.41 Å². The fraction of sp³-hybridized carbons (Fsp3) is 0.652. The van der Waals surface area contributed by atoms with Crippen LogP contribution in [0.15, 0.2) is 18.5 Å². The Morgan fingerprint density at radius 2 is 1.93 bits per heavy atom. The van der Waals surface area contributed by atoms with E-state index in [4.69, 9.17) is 9.47 Å². The van der Waals surface area contributed by atoms with Crippen LogP contribution in [0.2, 0.25) is 0 Å². The first-order valence-corrected chi connectivity index (χ1v) is 10.6. The van der Waals surface area contributed by atoms with Crippen LogP contribution in [0.1, 0.15) is 69.6 Å². The summed E-state index contributed by atoms with van der Waals surface area (Å²) in [6.07, 6.45) is 9.57. The van der Waals surface area contributed by atoms with Gasteiger partial charge in [-0.15, -0.1) is 0 Å². The standard InChI is InChI=1S/C23H33N3O2/c1-22(2,13-17-12-18-6-5-10-28-21(18)25-14-17)7-8-23(3,4)19-15-24-20-16-27-11-9-26(19)20/h12,14-15H,5-11,13,16H2,1-4H3. The van der Waals surface area contributed by atoms with E-state index >= 15 is 0 Å². The predicted octanol–water partition coefficient (Wildman–Crippen LogP) is 4.46. The lowest BCUT2D eigenvalue weighted by Gasteiger charge is -2.33. The van der Waals surface area contributed by atoms with Crippen LogP contribution >= 0.6 is 0 Å². The van der Waals surface area contributed by atoms with E-state index in [2.05, 4.69) is 54.5 Å². The number of hydrogen-bond acceptors (Lipinski definition) is 4. The number of fused-ring (bicyclic) bond motifs is 2. The Morgan fingerprint density at radius 3 is 2.79 bits per heavy atom. The number of imidazole rings is 1. The molecule has 0 amide bonds. The van der Waals surface area contributed by atoms with Gasteiger partial charge in [0.05, 0.1) is 13.2 Å². The van der Waals surface area contributed by atoms with Gasteiger partial charge in [0.2, 0.25) is 5.88 Å². The summed E-state index contributed by atoms with van der Waals surface area (Å²) in [6, 6.07) is 2.31. The molecule has 0 spiro atoms. The molecule has 152 valence electrons. The van der Waals surface area contributed by atoms with Crippen molar-refractivity contribution in [1.82, 2.24) is 14.5 Å². The molecule has 0 fully saturated rings. The van der Waals surface area contributed by atoms with Gasteiger partial charge in [0, 0.05) is 35.6 Å². The maximum atomic E-state index is 5.66. The van der Waals surface area contributed by atoms with Gasteiger partial charge in [-0.05, 0) is 49.1 Å². The normalized spacial score (nSPS) is 17.0. The van der Waals surface area contributed by atoms with E-state index in [1.807, 2.05) is 6.20 Å². The molecule has 28 heavy (non-hydrogen) atoms. The second-order valence-electron chi connectivity index (χ2n) is 9.75. The Balaban J connectivity index is 1.42. The molecule has 5 heteroatoms. The molecule has 0 saturated carbocycles. The van der Waals surface area contributed by atoms with Gasteiger partial charge in [0.15, 0.2) is 0 Å². The first-order valence-electron chi connectivity index (χ1n) is 10.6. The van der Waals surface area contributed by atoms with Crippen LogP contribution in [-0.4, -0.2) is 27.7 Å². The Labute approximate surface area is 168 Å². The largest absolute Gasteiger partial charge is 0.477 e. The summed E-state index contributed by atoms with van der Waals surface area (Å²) in [4.78, 5) is 9.15. The molecule has 4 rings (SSSR count). The van der Waals surface area contributed by atoms with Gasteiger partial charge in [-0.1, -0.05) is 27.7 Å². The minimum atomic E-state index is 0.0990. The van der Waals surface area contributed by atoms with Gasteiger partial charge in [-0.3, -0.25) is 0 Å². The monoisotopic (exact) mass is 383 g/mol. The molecule has 4 heterocycles. The topological polar surface area (TPSA) is 49.2 Å². The highest BCUT2D eigenvalue weighted by Gasteiger charge is 2.30. The highest BCUT2D eigenvalue weighted by Crippen LogP contribution is 2.37. The van der Waals surface area contributed by atoms with Crippen molar-refractivity contribution in [1.29, 1.82) is 0 Å². The molecule has 2 aromatic heterocycles. The van der Waals surface area contributed by atoms with Crippen LogP contribution in [-0.2, 0) is 36.1 Å². The second kappa shape index (κ2) is 7.51. The number of rotatable bonds is 6. The van der Waals surface area contributed by atoms with Crippen molar-refractivity contribution in [3.63, 3.8) is 0 Å². The molecule has 0 aromatic carbocycles. The number of nitrogens with zero attached hydrogens (tertiary/aromatic N) is 3. The second-order valence-corrected chi connectivity index (χ2v) is 9.75. The summed E-state index contributed by atoms with van der Waals surface area (Å²) in [6.45, 7) is 12.6. The Morgan fingerprint density at radius 1 is 1.07 bits per heavy atom. The van der Waals surface area contributed by atoms with Gasteiger partial charge in [0.25, 0.3) is 0 Å². The first kappa shape index (κ1) is 19.4. The quantitative estimate of drug-likeness (QED) is 0.739. The fourth-order valence-electron chi connectivity index (χ4n) is 4.44. The maximum Gasteiger partial charge on any atom is 0.216 e. The summed E-state index contributed by atoms with van der Waals surface area (Å²) >= 11 is 0. The van der Waals surface area contributed by atoms with E-state index in [9.17, 15) is 0 Å². The van der Waals surface area contributed by atoms with Crippen molar-refractivity contribution in [2.45, 2.75) is 78.4 Å². The minimum absolute atomic E-state index is 0.0990. The number of ether oxygens (including phenoxy) is 2. The highest BCUT2D eigenvalue weighted by molar-refractivity contribution is 5.32. The van der Waals surface area contributed by atoms with Gasteiger partial charge in [-0.2, -0.15) is 0 Å². The van der Waals surface area contributed by atoms with Crippen LogP contribution in [0.5, 0.6) is 5.88 Å². The number of aryl methyl sites for hydroxylation is 1. The average molecular weight is 384 g/mol. The SMILES string of the molecule is CC(C)(CCC(C)(C)c1cnc2n1CCOC2)Cc1cnc2c(c1)CCCO2. The van der Waals surface area contributed by atoms with Gasteiger partial charge in [0.1, 0.15) is 12.4 Å². The lowest BCUT2D eigenvalue weighted by atomic mass is 9.75. The Bertz CT molecular complexity index is 838. The third kappa shape index (κ3) is 4.09. The number of hydrogen-bond donors (Lipinski definition) is 0. The molecule has 0 aliphatic carbocycles. The zero-order valence-corrected chi connectivity index (χ0v) is 17.8. The minimum Gasteiger partial charge on any atom is -0.477 e. The summed E-state index contributed by atoms with van der Waals surface area (Å²) < 4.78 is 13.6. The zero-order valence-electron chi connectivity index (χ0n) is 17.8. The van der Waals surface area contributed by atoms with Crippen molar-refractivity contribution in [2.75, 3.05) is 13.2 Å². The summed E-state index contributed by atoms with van der Waals surface area (Å²) in [5.74, 6) is 1.90. The van der Waals surface area contributed by atoms with E-state index in [-0.39, 0.29) is 10.8 Å². The fourth-order valence-corrected chi connectivity index (χ4v) is 4.44. The van der Waals surface area contributed by atoms with Crippen LogP contribution in [0, 0.1) is 5.41 Å². The third-order valence-corrected chi connectivity index (χ3v) is 6.24. The molecular weight excluding hydrogens is 350 g/mol.